The summed E-state index contributed by atoms with van der Waals surface area (Å²) in [7, 11) is 1.83. The van der Waals surface area contributed by atoms with Gasteiger partial charge in [0.15, 0.2) is 5.96 Å². The van der Waals surface area contributed by atoms with Crippen LogP contribution in [0.25, 0.3) is 0 Å². The summed E-state index contributed by atoms with van der Waals surface area (Å²) in [5.41, 5.74) is -0.157. The first-order valence-corrected chi connectivity index (χ1v) is 10.8. The van der Waals surface area contributed by atoms with Crippen molar-refractivity contribution in [1.82, 2.24) is 15.5 Å². The van der Waals surface area contributed by atoms with Gasteiger partial charge < -0.3 is 25.0 Å². The second kappa shape index (κ2) is 10.3. The Hall–Kier alpha value is -1.50. The third-order valence-electron chi connectivity index (χ3n) is 5.69. The molecule has 0 aromatic rings. The van der Waals surface area contributed by atoms with Crippen molar-refractivity contribution in [3.8, 4) is 0 Å². The standard InChI is InChI=1S/C21H40N4O3/c1-6-27-14-12-21(10-7-8-11-21)16-23-18(22-5)25-13-9-17(15-25)24-19(26)28-20(2,3)4/h17H,6-16H2,1-5H3,(H,22,23)(H,24,26)/t17-/m1/s1. The highest BCUT2D eigenvalue weighted by Gasteiger charge is 2.35. The Kier molecular flexibility index (Phi) is 8.40. The lowest BCUT2D eigenvalue weighted by Crippen LogP contribution is -2.46. The Bertz CT molecular complexity index is 524. The SMILES string of the molecule is CCOCCC1(CNC(=NC)N2CC[C@@H](NC(=O)OC(C)(C)C)C2)CCCC1. The molecular formula is C21H40N4O3. The normalized spacial score (nSPS) is 22.4. The van der Waals surface area contributed by atoms with E-state index in [0.29, 0.717) is 5.41 Å². The number of ether oxygens (including phenoxy) is 2. The van der Waals surface area contributed by atoms with Gasteiger partial charge in [0.1, 0.15) is 5.60 Å². The summed E-state index contributed by atoms with van der Waals surface area (Å²) >= 11 is 0. The molecule has 1 heterocycles. The van der Waals surface area contributed by atoms with Crippen LogP contribution in [0.5, 0.6) is 0 Å². The number of rotatable bonds is 7. The first kappa shape index (κ1) is 22.8. The quantitative estimate of drug-likeness (QED) is 0.393. The molecule has 1 saturated carbocycles. The van der Waals surface area contributed by atoms with Gasteiger partial charge >= 0.3 is 6.09 Å². The van der Waals surface area contributed by atoms with Crippen LogP contribution in [0.4, 0.5) is 4.79 Å². The molecule has 2 N–H and O–H groups in total. The molecule has 0 unspecified atom stereocenters. The van der Waals surface area contributed by atoms with Gasteiger partial charge in [-0.2, -0.15) is 0 Å². The Labute approximate surface area is 170 Å². The molecule has 1 atom stereocenters. The van der Waals surface area contributed by atoms with E-state index in [1.165, 1.54) is 25.7 Å². The van der Waals surface area contributed by atoms with Crippen LogP contribution in [-0.4, -0.2) is 68.5 Å². The third kappa shape index (κ3) is 7.15. The first-order chi connectivity index (χ1) is 13.3. The summed E-state index contributed by atoms with van der Waals surface area (Å²) in [5.74, 6) is 0.927. The Morgan fingerprint density at radius 1 is 1.29 bits per heavy atom. The van der Waals surface area contributed by atoms with Crippen LogP contribution in [0.3, 0.4) is 0 Å². The van der Waals surface area contributed by atoms with Crippen molar-refractivity contribution >= 4 is 12.1 Å². The van der Waals surface area contributed by atoms with Crippen LogP contribution in [0.2, 0.25) is 0 Å². The minimum atomic E-state index is -0.475. The number of alkyl carbamates (subject to hydrolysis) is 1. The minimum absolute atomic E-state index is 0.0896. The maximum absolute atomic E-state index is 12.0. The largest absolute Gasteiger partial charge is 0.444 e. The predicted molar refractivity (Wildman–Crippen MR) is 113 cm³/mol. The van der Waals surface area contributed by atoms with Gasteiger partial charge in [-0.3, -0.25) is 4.99 Å². The highest BCUT2D eigenvalue weighted by atomic mass is 16.6. The van der Waals surface area contributed by atoms with Crippen LogP contribution in [0.15, 0.2) is 4.99 Å². The second-order valence-electron chi connectivity index (χ2n) is 9.13. The number of carbonyl (C=O) groups excluding carboxylic acids is 1. The molecule has 1 aliphatic heterocycles. The lowest BCUT2D eigenvalue weighted by atomic mass is 9.83. The van der Waals surface area contributed by atoms with Crippen molar-refractivity contribution < 1.29 is 14.3 Å². The molecule has 0 bridgehead atoms. The summed E-state index contributed by atoms with van der Waals surface area (Å²) in [4.78, 5) is 18.7. The van der Waals surface area contributed by atoms with Gasteiger partial charge in [-0.25, -0.2) is 4.79 Å². The van der Waals surface area contributed by atoms with Gasteiger partial charge in [0.25, 0.3) is 0 Å². The van der Waals surface area contributed by atoms with Crippen LogP contribution in [-0.2, 0) is 9.47 Å². The first-order valence-electron chi connectivity index (χ1n) is 10.8. The molecule has 0 spiro atoms. The smallest absolute Gasteiger partial charge is 0.407 e. The van der Waals surface area contributed by atoms with Crippen LogP contribution < -0.4 is 10.6 Å². The number of amides is 1. The zero-order chi connectivity index (χ0) is 20.6. The van der Waals surface area contributed by atoms with Crippen molar-refractivity contribution in [1.29, 1.82) is 0 Å². The average Bonchev–Trinajstić information content (AvgIpc) is 3.25. The van der Waals surface area contributed by atoms with Gasteiger partial charge in [-0.1, -0.05) is 12.8 Å². The molecule has 7 heteroatoms. The van der Waals surface area contributed by atoms with E-state index >= 15 is 0 Å². The van der Waals surface area contributed by atoms with E-state index in [1.807, 2.05) is 27.8 Å². The predicted octanol–water partition coefficient (Wildman–Crippen LogP) is 3.15. The lowest BCUT2D eigenvalue weighted by Gasteiger charge is -2.32. The minimum Gasteiger partial charge on any atom is -0.444 e. The van der Waals surface area contributed by atoms with Crippen LogP contribution in [0, 0.1) is 5.41 Å². The summed E-state index contributed by atoms with van der Waals surface area (Å²) in [5, 5.41) is 6.59. The van der Waals surface area contributed by atoms with Gasteiger partial charge in [-0.15, -0.1) is 0 Å². The summed E-state index contributed by atoms with van der Waals surface area (Å²) < 4.78 is 11.0. The maximum Gasteiger partial charge on any atom is 0.407 e. The zero-order valence-electron chi connectivity index (χ0n) is 18.5. The number of nitrogens with zero attached hydrogens (tertiary/aromatic N) is 2. The topological polar surface area (TPSA) is 75.2 Å². The van der Waals surface area contributed by atoms with Crippen LogP contribution >= 0.6 is 0 Å². The van der Waals surface area contributed by atoms with Crippen LogP contribution in [0.1, 0.15) is 66.2 Å². The van der Waals surface area contributed by atoms with Gasteiger partial charge in [0.2, 0.25) is 0 Å². The zero-order valence-corrected chi connectivity index (χ0v) is 18.5. The molecule has 0 aromatic carbocycles. The molecule has 1 saturated heterocycles. The molecule has 1 amide bonds. The number of hydrogen-bond acceptors (Lipinski definition) is 4. The van der Waals surface area contributed by atoms with E-state index in [-0.39, 0.29) is 12.1 Å². The number of likely N-dealkylation sites (tertiary alicyclic amines) is 1. The number of aliphatic imine (C=N–C) groups is 1. The highest BCUT2D eigenvalue weighted by molar-refractivity contribution is 5.80. The number of hydrogen-bond donors (Lipinski definition) is 2. The lowest BCUT2D eigenvalue weighted by molar-refractivity contribution is 0.0507. The third-order valence-corrected chi connectivity index (χ3v) is 5.69. The van der Waals surface area contributed by atoms with E-state index in [4.69, 9.17) is 9.47 Å². The van der Waals surface area contributed by atoms with E-state index in [0.717, 1.165) is 51.6 Å². The van der Waals surface area contributed by atoms with Crippen molar-refractivity contribution in [2.24, 2.45) is 10.4 Å². The molecule has 2 rings (SSSR count). The number of nitrogens with one attached hydrogen (secondary N) is 2. The molecule has 0 radical (unpaired) electrons. The van der Waals surface area contributed by atoms with Crippen molar-refractivity contribution in [2.75, 3.05) is 39.9 Å². The fourth-order valence-electron chi connectivity index (χ4n) is 4.22. The Balaban J connectivity index is 1.82. The monoisotopic (exact) mass is 396 g/mol. The van der Waals surface area contributed by atoms with Gasteiger partial charge in [0, 0.05) is 39.9 Å². The van der Waals surface area contributed by atoms with Gasteiger partial charge in [0.05, 0.1) is 6.04 Å². The second-order valence-corrected chi connectivity index (χ2v) is 9.13. The molecule has 28 heavy (non-hydrogen) atoms. The molecular weight excluding hydrogens is 356 g/mol. The van der Waals surface area contributed by atoms with E-state index < -0.39 is 5.60 Å². The maximum atomic E-state index is 12.0. The Morgan fingerprint density at radius 2 is 2.00 bits per heavy atom. The average molecular weight is 397 g/mol. The van der Waals surface area contributed by atoms with Crippen molar-refractivity contribution in [3.63, 3.8) is 0 Å². The fourth-order valence-corrected chi connectivity index (χ4v) is 4.22. The molecule has 7 nitrogen and oxygen atoms in total. The van der Waals surface area contributed by atoms with Crippen molar-refractivity contribution in [2.45, 2.75) is 77.9 Å². The van der Waals surface area contributed by atoms with Gasteiger partial charge in [-0.05, 0) is 58.8 Å². The van der Waals surface area contributed by atoms with E-state index in [1.54, 1.807) is 0 Å². The fraction of sp³-hybridized carbons (Fsp3) is 0.905. The molecule has 1 aliphatic carbocycles. The molecule has 2 fully saturated rings. The highest BCUT2D eigenvalue weighted by Crippen LogP contribution is 2.40. The number of carbonyl (C=O) groups is 1. The summed E-state index contributed by atoms with van der Waals surface area (Å²) in [6, 6.07) is 0.0896. The van der Waals surface area contributed by atoms with E-state index in [2.05, 4.69) is 27.4 Å². The van der Waals surface area contributed by atoms with E-state index in [9.17, 15) is 4.79 Å². The molecule has 0 aromatic heterocycles. The molecule has 162 valence electrons. The Morgan fingerprint density at radius 3 is 2.61 bits per heavy atom. The number of guanidine groups is 1. The summed E-state index contributed by atoms with van der Waals surface area (Å²) in [6.45, 7) is 11.9. The van der Waals surface area contributed by atoms with Crippen molar-refractivity contribution in [3.05, 3.63) is 0 Å². The summed E-state index contributed by atoms with van der Waals surface area (Å²) in [6.07, 6.45) is 6.78. The molecule has 2 aliphatic rings.